The molecule has 0 saturated carbocycles. The molecule has 0 aliphatic heterocycles. The Bertz CT molecular complexity index is 879. The van der Waals surface area contributed by atoms with Gasteiger partial charge in [0.1, 0.15) is 5.01 Å². The Balaban J connectivity index is 2.01. The standard InChI is InChI=1S/C20H26N4O4S/c1-6-27-17-9-15(7-8-16(17)28-14(3)20(26)24(4)5)11-21-23-18(25)10-19-22-13(2)12-29-19/h7-9,11-12,14H,6,10H2,1-5H3,(H,23,25)/b21-11-/t14-/m1/s1. The number of ether oxygens (including phenoxy) is 2. The van der Waals surface area contributed by atoms with Crippen LogP contribution in [-0.2, 0) is 16.0 Å². The van der Waals surface area contributed by atoms with Gasteiger partial charge in [0.25, 0.3) is 5.91 Å². The summed E-state index contributed by atoms with van der Waals surface area (Å²) in [7, 11) is 3.35. The van der Waals surface area contributed by atoms with Crippen LogP contribution in [0.25, 0.3) is 0 Å². The molecular weight excluding hydrogens is 392 g/mol. The van der Waals surface area contributed by atoms with Gasteiger partial charge >= 0.3 is 0 Å². The number of rotatable bonds is 9. The Morgan fingerprint density at radius 3 is 2.72 bits per heavy atom. The van der Waals surface area contributed by atoms with E-state index >= 15 is 0 Å². The second-order valence-electron chi connectivity index (χ2n) is 6.48. The predicted octanol–water partition coefficient (Wildman–Crippen LogP) is 2.40. The Morgan fingerprint density at radius 1 is 1.34 bits per heavy atom. The molecule has 1 aromatic heterocycles. The predicted molar refractivity (Wildman–Crippen MR) is 113 cm³/mol. The molecule has 0 aliphatic rings. The number of likely N-dealkylation sites (N-methyl/N-ethyl adjacent to an activating group) is 1. The summed E-state index contributed by atoms with van der Waals surface area (Å²) in [5, 5.41) is 6.63. The maximum Gasteiger partial charge on any atom is 0.262 e. The third kappa shape index (κ3) is 6.86. The fraction of sp³-hybridized carbons (Fsp3) is 0.400. The zero-order valence-electron chi connectivity index (χ0n) is 17.3. The number of benzene rings is 1. The molecule has 0 aliphatic carbocycles. The lowest BCUT2D eigenvalue weighted by Gasteiger charge is -2.20. The summed E-state index contributed by atoms with van der Waals surface area (Å²) in [6.07, 6.45) is 1.06. The van der Waals surface area contributed by atoms with Crippen LogP contribution in [0.15, 0.2) is 28.7 Å². The van der Waals surface area contributed by atoms with Crippen molar-refractivity contribution in [3.8, 4) is 11.5 Å². The SMILES string of the molecule is CCOc1cc(/C=N\NC(=O)Cc2nc(C)cs2)ccc1O[C@H](C)C(=O)N(C)C. The molecule has 0 unspecified atom stereocenters. The molecule has 156 valence electrons. The summed E-state index contributed by atoms with van der Waals surface area (Å²) in [4.78, 5) is 29.7. The van der Waals surface area contributed by atoms with Crippen molar-refractivity contribution < 1.29 is 19.1 Å². The molecule has 0 spiro atoms. The van der Waals surface area contributed by atoms with Gasteiger partial charge in [-0.05, 0) is 44.5 Å². The van der Waals surface area contributed by atoms with Gasteiger partial charge in [-0.15, -0.1) is 11.3 Å². The molecule has 1 atom stereocenters. The van der Waals surface area contributed by atoms with E-state index in [1.54, 1.807) is 39.2 Å². The molecule has 2 rings (SSSR count). The second kappa shape index (κ2) is 10.6. The fourth-order valence-corrected chi connectivity index (χ4v) is 3.19. The van der Waals surface area contributed by atoms with Crippen LogP contribution in [0.1, 0.15) is 30.1 Å². The van der Waals surface area contributed by atoms with Crippen LogP contribution in [-0.4, -0.2) is 54.7 Å². The van der Waals surface area contributed by atoms with Crippen molar-refractivity contribution in [2.45, 2.75) is 33.3 Å². The van der Waals surface area contributed by atoms with E-state index in [0.717, 1.165) is 16.3 Å². The second-order valence-corrected chi connectivity index (χ2v) is 7.43. The zero-order valence-corrected chi connectivity index (χ0v) is 18.1. The van der Waals surface area contributed by atoms with Crippen molar-refractivity contribution >= 4 is 29.4 Å². The number of hydrazone groups is 1. The maximum absolute atomic E-state index is 12.0. The van der Waals surface area contributed by atoms with Crippen molar-refractivity contribution in [1.82, 2.24) is 15.3 Å². The summed E-state index contributed by atoms with van der Waals surface area (Å²) in [6, 6.07) is 5.22. The van der Waals surface area contributed by atoms with E-state index in [1.165, 1.54) is 22.5 Å². The number of carbonyl (C=O) groups is 2. The maximum atomic E-state index is 12.0. The molecule has 2 aromatic rings. The van der Waals surface area contributed by atoms with Crippen LogP contribution < -0.4 is 14.9 Å². The molecule has 0 bridgehead atoms. The zero-order chi connectivity index (χ0) is 21.4. The molecule has 9 heteroatoms. The van der Waals surface area contributed by atoms with E-state index in [9.17, 15) is 9.59 Å². The minimum atomic E-state index is -0.641. The highest BCUT2D eigenvalue weighted by Crippen LogP contribution is 2.29. The minimum Gasteiger partial charge on any atom is -0.490 e. The summed E-state index contributed by atoms with van der Waals surface area (Å²) < 4.78 is 11.4. The molecule has 2 amide bonds. The summed E-state index contributed by atoms with van der Waals surface area (Å²) in [6.45, 7) is 5.87. The monoisotopic (exact) mass is 418 g/mol. The van der Waals surface area contributed by atoms with E-state index in [4.69, 9.17) is 9.47 Å². The third-order valence-electron chi connectivity index (χ3n) is 3.74. The molecule has 0 radical (unpaired) electrons. The van der Waals surface area contributed by atoms with Crippen molar-refractivity contribution in [3.63, 3.8) is 0 Å². The number of nitrogens with zero attached hydrogens (tertiary/aromatic N) is 3. The molecule has 0 fully saturated rings. The number of aromatic nitrogens is 1. The Hall–Kier alpha value is -2.94. The minimum absolute atomic E-state index is 0.142. The van der Waals surface area contributed by atoms with Crippen molar-refractivity contribution in [3.05, 3.63) is 39.8 Å². The summed E-state index contributed by atoms with van der Waals surface area (Å²) >= 11 is 1.44. The summed E-state index contributed by atoms with van der Waals surface area (Å²) in [5.74, 6) is 0.585. The topological polar surface area (TPSA) is 93.1 Å². The van der Waals surface area contributed by atoms with E-state index < -0.39 is 6.10 Å². The van der Waals surface area contributed by atoms with E-state index in [0.29, 0.717) is 18.1 Å². The van der Waals surface area contributed by atoms with Crippen molar-refractivity contribution in [2.24, 2.45) is 5.10 Å². The van der Waals surface area contributed by atoms with Crippen LogP contribution in [0.2, 0.25) is 0 Å². The lowest BCUT2D eigenvalue weighted by molar-refractivity contribution is -0.135. The van der Waals surface area contributed by atoms with Crippen LogP contribution in [0, 0.1) is 6.92 Å². The van der Waals surface area contributed by atoms with Gasteiger partial charge in [0.2, 0.25) is 5.91 Å². The summed E-state index contributed by atoms with van der Waals surface area (Å²) in [5.41, 5.74) is 4.11. The lowest BCUT2D eigenvalue weighted by Crippen LogP contribution is -2.35. The Kier molecular flexibility index (Phi) is 8.14. The lowest BCUT2D eigenvalue weighted by atomic mass is 10.2. The number of amides is 2. The van der Waals surface area contributed by atoms with Crippen molar-refractivity contribution in [1.29, 1.82) is 0 Å². The largest absolute Gasteiger partial charge is 0.490 e. The van der Waals surface area contributed by atoms with Crippen LogP contribution in [0.4, 0.5) is 0 Å². The Morgan fingerprint density at radius 2 is 2.10 bits per heavy atom. The molecule has 1 aromatic carbocycles. The molecule has 29 heavy (non-hydrogen) atoms. The molecule has 8 nitrogen and oxygen atoms in total. The number of aryl methyl sites for hydroxylation is 1. The van der Waals surface area contributed by atoms with Gasteiger partial charge in [0, 0.05) is 25.2 Å². The third-order valence-corrected chi connectivity index (χ3v) is 4.71. The number of nitrogens with one attached hydrogen (secondary N) is 1. The van der Waals surface area contributed by atoms with Gasteiger partial charge in [0.05, 0.1) is 19.2 Å². The van der Waals surface area contributed by atoms with Crippen LogP contribution >= 0.6 is 11.3 Å². The van der Waals surface area contributed by atoms with Gasteiger partial charge in [-0.25, -0.2) is 10.4 Å². The highest BCUT2D eigenvalue weighted by molar-refractivity contribution is 7.09. The van der Waals surface area contributed by atoms with Gasteiger partial charge in [-0.3, -0.25) is 9.59 Å². The van der Waals surface area contributed by atoms with Gasteiger partial charge in [0.15, 0.2) is 17.6 Å². The molecular formula is C20H26N4O4S. The fourth-order valence-electron chi connectivity index (χ4n) is 2.41. The number of thiazole rings is 1. The van der Waals surface area contributed by atoms with Crippen LogP contribution in [0.5, 0.6) is 11.5 Å². The van der Waals surface area contributed by atoms with Gasteiger partial charge in [-0.2, -0.15) is 5.10 Å². The molecule has 1 heterocycles. The quantitative estimate of drug-likeness (QED) is 0.499. The highest BCUT2D eigenvalue weighted by Gasteiger charge is 2.18. The first kappa shape index (κ1) is 22.4. The smallest absolute Gasteiger partial charge is 0.262 e. The van der Waals surface area contributed by atoms with E-state index in [1.807, 2.05) is 19.2 Å². The number of hydrogen-bond acceptors (Lipinski definition) is 7. The van der Waals surface area contributed by atoms with E-state index in [2.05, 4.69) is 15.5 Å². The molecule has 1 N–H and O–H groups in total. The van der Waals surface area contributed by atoms with Crippen molar-refractivity contribution in [2.75, 3.05) is 20.7 Å². The Labute approximate surface area is 174 Å². The first-order valence-corrected chi connectivity index (χ1v) is 10.1. The highest BCUT2D eigenvalue weighted by atomic mass is 32.1. The molecule has 0 saturated heterocycles. The van der Waals surface area contributed by atoms with Crippen LogP contribution in [0.3, 0.4) is 0 Å². The average Bonchev–Trinajstić information content (AvgIpc) is 3.07. The van der Waals surface area contributed by atoms with E-state index in [-0.39, 0.29) is 18.2 Å². The number of hydrogen-bond donors (Lipinski definition) is 1. The van der Waals surface area contributed by atoms with Gasteiger partial charge in [-0.1, -0.05) is 0 Å². The first-order valence-electron chi connectivity index (χ1n) is 9.17. The average molecular weight is 419 g/mol. The number of carbonyl (C=O) groups excluding carboxylic acids is 2. The normalized spacial score (nSPS) is 11.9. The van der Waals surface area contributed by atoms with Gasteiger partial charge < -0.3 is 14.4 Å². The first-order chi connectivity index (χ1) is 13.8.